The summed E-state index contributed by atoms with van der Waals surface area (Å²) < 4.78 is 0. The first-order valence-corrected chi connectivity index (χ1v) is 6.19. The van der Waals surface area contributed by atoms with E-state index in [9.17, 15) is 14.7 Å². The predicted molar refractivity (Wildman–Crippen MR) is 71.8 cm³/mol. The molecule has 0 aromatic heterocycles. The number of benzene rings is 1. The number of rotatable bonds is 2. The van der Waals surface area contributed by atoms with Gasteiger partial charge in [0.25, 0.3) is 11.8 Å². The second-order valence-corrected chi connectivity index (χ2v) is 5.30. The van der Waals surface area contributed by atoms with Crippen LogP contribution in [0.25, 0.3) is 0 Å². The van der Waals surface area contributed by atoms with E-state index in [2.05, 4.69) is 5.32 Å². The Kier molecular flexibility index (Phi) is 3.10. The van der Waals surface area contributed by atoms with Crippen molar-refractivity contribution in [2.45, 2.75) is 19.4 Å². The normalized spacial score (nSPS) is 21.3. The van der Waals surface area contributed by atoms with E-state index in [1.165, 1.54) is 4.90 Å². The summed E-state index contributed by atoms with van der Waals surface area (Å²) in [5, 5.41) is 13.4. The van der Waals surface area contributed by atoms with Gasteiger partial charge in [-0.2, -0.15) is 0 Å². The molecule has 5 heteroatoms. The number of carbonyl (C=O) groups is 2. The van der Waals surface area contributed by atoms with E-state index < -0.39 is 11.5 Å². The van der Waals surface area contributed by atoms with Gasteiger partial charge < -0.3 is 15.3 Å². The maximum absolute atomic E-state index is 12.2. The number of carbonyl (C=O) groups excluding carboxylic acids is 2. The van der Waals surface area contributed by atoms with E-state index >= 15 is 0 Å². The zero-order valence-corrected chi connectivity index (χ0v) is 11.5. The molecule has 2 N–H and O–H groups in total. The fourth-order valence-corrected chi connectivity index (χ4v) is 2.37. The summed E-state index contributed by atoms with van der Waals surface area (Å²) in [7, 11) is 3.28. The van der Waals surface area contributed by atoms with Crippen LogP contribution < -0.4 is 5.32 Å². The van der Waals surface area contributed by atoms with Crippen LogP contribution in [-0.2, 0) is 10.4 Å². The predicted octanol–water partition coefficient (Wildman–Crippen LogP) is 1.18. The third-order valence-electron chi connectivity index (χ3n) is 3.51. The van der Waals surface area contributed by atoms with Crippen molar-refractivity contribution in [2.75, 3.05) is 19.4 Å². The molecular weight excluding hydrogens is 244 g/mol. The molecule has 0 saturated heterocycles. The molecule has 0 bridgehead atoms. The van der Waals surface area contributed by atoms with Gasteiger partial charge in [0.05, 0.1) is 0 Å². The van der Waals surface area contributed by atoms with Crippen LogP contribution in [0, 0.1) is 5.92 Å². The summed E-state index contributed by atoms with van der Waals surface area (Å²) in [5.74, 6) is -1.03. The minimum Gasteiger partial charge on any atom is -0.375 e. The van der Waals surface area contributed by atoms with Gasteiger partial charge >= 0.3 is 0 Å². The van der Waals surface area contributed by atoms with Gasteiger partial charge in [-0.25, -0.2) is 0 Å². The lowest BCUT2D eigenvalue weighted by atomic mass is 9.82. The summed E-state index contributed by atoms with van der Waals surface area (Å²) in [6, 6.07) is 5.02. The molecule has 0 unspecified atom stereocenters. The molecule has 102 valence electrons. The summed E-state index contributed by atoms with van der Waals surface area (Å²) in [5.41, 5.74) is -0.405. The van der Waals surface area contributed by atoms with Gasteiger partial charge in [0.15, 0.2) is 5.60 Å². The summed E-state index contributed by atoms with van der Waals surface area (Å²) >= 11 is 0. The first kappa shape index (κ1) is 13.5. The van der Waals surface area contributed by atoms with Crippen LogP contribution >= 0.6 is 0 Å². The zero-order chi connectivity index (χ0) is 14.4. The monoisotopic (exact) mass is 262 g/mol. The highest BCUT2D eigenvalue weighted by Crippen LogP contribution is 2.43. The Morgan fingerprint density at radius 2 is 2.00 bits per heavy atom. The van der Waals surface area contributed by atoms with Gasteiger partial charge in [0.2, 0.25) is 0 Å². The van der Waals surface area contributed by atoms with Crippen molar-refractivity contribution in [3.05, 3.63) is 29.3 Å². The first-order chi connectivity index (χ1) is 8.80. The third kappa shape index (κ3) is 1.81. The van der Waals surface area contributed by atoms with E-state index in [1.807, 2.05) is 0 Å². The third-order valence-corrected chi connectivity index (χ3v) is 3.51. The van der Waals surface area contributed by atoms with Crippen molar-refractivity contribution in [1.29, 1.82) is 0 Å². The van der Waals surface area contributed by atoms with E-state index in [0.29, 0.717) is 16.8 Å². The quantitative estimate of drug-likeness (QED) is 0.841. The lowest BCUT2D eigenvalue weighted by Crippen LogP contribution is -2.40. The second kappa shape index (κ2) is 4.35. The minimum atomic E-state index is -1.66. The smallest absolute Gasteiger partial charge is 0.261 e. The molecule has 1 aromatic carbocycles. The zero-order valence-electron chi connectivity index (χ0n) is 11.5. The standard InChI is InChI=1S/C14H18N2O3/c1-8(2)14(19)11-9(12(17)16(3)4)6-5-7-10(11)15-13(14)18/h5-8,19H,1-4H3,(H,15,18)/t14-/m0/s1. The van der Waals surface area contributed by atoms with Crippen molar-refractivity contribution in [3.63, 3.8) is 0 Å². The Morgan fingerprint density at radius 3 is 2.53 bits per heavy atom. The van der Waals surface area contributed by atoms with E-state index in [4.69, 9.17) is 0 Å². The van der Waals surface area contributed by atoms with Crippen LogP contribution in [0.15, 0.2) is 18.2 Å². The van der Waals surface area contributed by atoms with Crippen LogP contribution in [0.2, 0.25) is 0 Å². The van der Waals surface area contributed by atoms with Gasteiger partial charge in [-0.05, 0) is 18.1 Å². The topological polar surface area (TPSA) is 69.6 Å². The minimum absolute atomic E-state index is 0.229. The molecule has 2 amide bonds. The second-order valence-electron chi connectivity index (χ2n) is 5.30. The fraction of sp³-hybridized carbons (Fsp3) is 0.429. The number of hydrogen-bond acceptors (Lipinski definition) is 3. The molecule has 0 aliphatic carbocycles. The number of nitrogens with zero attached hydrogens (tertiary/aromatic N) is 1. The van der Waals surface area contributed by atoms with E-state index in [0.717, 1.165) is 0 Å². The van der Waals surface area contributed by atoms with Crippen molar-refractivity contribution < 1.29 is 14.7 Å². The molecule has 0 saturated carbocycles. The highest BCUT2D eigenvalue weighted by Gasteiger charge is 2.49. The maximum Gasteiger partial charge on any atom is 0.261 e. The van der Waals surface area contributed by atoms with Crippen molar-refractivity contribution in [3.8, 4) is 0 Å². The van der Waals surface area contributed by atoms with Gasteiger partial charge in [-0.1, -0.05) is 19.9 Å². The van der Waals surface area contributed by atoms with Gasteiger partial charge in [-0.15, -0.1) is 0 Å². The molecule has 5 nitrogen and oxygen atoms in total. The molecule has 1 aliphatic heterocycles. The van der Waals surface area contributed by atoms with Crippen LogP contribution in [0.1, 0.15) is 29.8 Å². The average Bonchev–Trinajstić information content (AvgIpc) is 2.61. The van der Waals surface area contributed by atoms with Gasteiger partial charge in [-0.3, -0.25) is 9.59 Å². The number of fused-ring (bicyclic) bond motifs is 1. The highest BCUT2D eigenvalue weighted by molar-refractivity contribution is 6.09. The lowest BCUT2D eigenvalue weighted by Gasteiger charge is -2.27. The summed E-state index contributed by atoms with van der Waals surface area (Å²) in [6.07, 6.45) is 0. The Balaban J connectivity index is 2.69. The Morgan fingerprint density at radius 1 is 1.37 bits per heavy atom. The molecular formula is C14H18N2O3. The van der Waals surface area contributed by atoms with Crippen LogP contribution in [-0.4, -0.2) is 35.9 Å². The number of amides is 2. The van der Waals surface area contributed by atoms with Crippen molar-refractivity contribution in [1.82, 2.24) is 4.90 Å². The molecule has 19 heavy (non-hydrogen) atoms. The fourth-order valence-electron chi connectivity index (χ4n) is 2.37. The largest absolute Gasteiger partial charge is 0.375 e. The van der Waals surface area contributed by atoms with Crippen LogP contribution in [0.4, 0.5) is 5.69 Å². The Hall–Kier alpha value is -1.88. The van der Waals surface area contributed by atoms with Crippen molar-refractivity contribution >= 4 is 17.5 Å². The Labute approximate surface area is 112 Å². The Bertz CT molecular complexity index is 552. The van der Waals surface area contributed by atoms with Gasteiger partial charge in [0.1, 0.15) is 0 Å². The molecule has 0 radical (unpaired) electrons. The summed E-state index contributed by atoms with van der Waals surface area (Å²) in [6.45, 7) is 3.51. The molecule has 0 fully saturated rings. The van der Waals surface area contributed by atoms with Crippen LogP contribution in [0.3, 0.4) is 0 Å². The van der Waals surface area contributed by atoms with Crippen molar-refractivity contribution in [2.24, 2.45) is 5.92 Å². The molecule has 1 aromatic rings. The lowest BCUT2D eigenvalue weighted by molar-refractivity contribution is -0.138. The molecule has 1 atom stereocenters. The van der Waals surface area contributed by atoms with E-state index in [1.54, 1.807) is 46.1 Å². The summed E-state index contributed by atoms with van der Waals surface area (Å²) in [4.78, 5) is 25.7. The van der Waals surface area contributed by atoms with Gasteiger partial charge in [0, 0.05) is 30.9 Å². The molecule has 0 spiro atoms. The highest BCUT2D eigenvalue weighted by atomic mass is 16.3. The number of nitrogens with one attached hydrogen (secondary N) is 1. The number of anilines is 1. The number of aliphatic hydroxyl groups is 1. The maximum atomic E-state index is 12.2. The van der Waals surface area contributed by atoms with E-state index in [-0.39, 0.29) is 11.8 Å². The molecule has 1 aliphatic rings. The first-order valence-electron chi connectivity index (χ1n) is 6.19. The molecule has 2 rings (SSSR count). The van der Waals surface area contributed by atoms with Crippen LogP contribution in [0.5, 0.6) is 0 Å². The SMILES string of the molecule is CC(C)[C@@]1(O)C(=O)Nc2cccc(C(=O)N(C)C)c21. The average molecular weight is 262 g/mol. The molecule has 1 heterocycles. The number of hydrogen-bond donors (Lipinski definition) is 2.